The van der Waals surface area contributed by atoms with Crippen LogP contribution < -0.4 is 55.7 Å². The van der Waals surface area contributed by atoms with Crippen LogP contribution in [-0.4, -0.2) is 29.4 Å². The van der Waals surface area contributed by atoms with Crippen LogP contribution in [0.1, 0.15) is 25.0 Å². The van der Waals surface area contributed by atoms with Crippen LogP contribution in [0, 0.1) is 0 Å². The van der Waals surface area contributed by atoms with E-state index in [9.17, 15) is 4.79 Å². The lowest BCUT2D eigenvalue weighted by Gasteiger charge is -2.10. The van der Waals surface area contributed by atoms with Gasteiger partial charge in [0.25, 0.3) is 0 Å². The summed E-state index contributed by atoms with van der Waals surface area (Å²) in [5.41, 5.74) is 13.9. The Labute approximate surface area is 195 Å². The minimum atomic E-state index is -0.393. The summed E-state index contributed by atoms with van der Waals surface area (Å²) in [5, 5.41) is 20.5. The van der Waals surface area contributed by atoms with E-state index in [-0.39, 0.29) is 11.9 Å². The van der Waals surface area contributed by atoms with Crippen LogP contribution in [0.5, 0.6) is 0 Å². The zero-order chi connectivity index (χ0) is 24.9. The van der Waals surface area contributed by atoms with Gasteiger partial charge >= 0.3 is 6.03 Å². The Hall–Kier alpha value is -4.89. The Morgan fingerprint density at radius 3 is 1.32 bits per heavy atom. The van der Waals surface area contributed by atoms with Crippen LogP contribution in [0.2, 0.25) is 0 Å². The van der Waals surface area contributed by atoms with Gasteiger partial charge in [0.15, 0.2) is 0 Å². The molecule has 0 heterocycles. The van der Waals surface area contributed by atoms with E-state index in [0.717, 1.165) is 11.1 Å². The number of hydrogen-bond donors (Lipinski definition) is 10. The maximum Gasteiger partial charge on any atom is 0.323 e. The molecule has 0 fully saturated rings. The third-order valence-corrected chi connectivity index (χ3v) is 4.31. The van der Waals surface area contributed by atoms with Crippen molar-refractivity contribution in [2.24, 2.45) is 43.8 Å². The van der Waals surface area contributed by atoms with Crippen molar-refractivity contribution in [1.29, 1.82) is 0 Å². The average Bonchev–Trinajstić information content (AvgIpc) is 2.85. The van der Waals surface area contributed by atoms with E-state index < -0.39 is 6.03 Å². The van der Waals surface area contributed by atoms with Crippen molar-refractivity contribution in [1.82, 2.24) is 21.7 Å². The number of amides is 2. The number of nitrogens with two attached hydrogens (primary N) is 4. The lowest BCUT2D eigenvalue weighted by molar-refractivity contribution is 0.262. The van der Waals surface area contributed by atoms with Gasteiger partial charge in [-0.05, 0) is 49.2 Å². The highest BCUT2D eigenvalue weighted by Gasteiger charge is 2.05. The molecule has 2 aromatic carbocycles. The zero-order valence-corrected chi connectivity index (χ0v) is 18.6. The van der Waals surface area contributed by atoms with Gasteiger partial charge in [0, 0.05) is 11.4 Å². The van der Waals surface area contributed by atoms with Crippen LogP contribution >= 0.6 is 0 Å². The summed E-state index contributed by atoms with van der Waals surface area (Å²) >= 11 is 0. The van der Waals surface area contributed by atoms with Crippen LogP contribution in [-0.2, 0) is 0 Å². The number of rotatable bonds is 6. The minimum absolute atomic E-state index is 0.112. The average molecular weight is 469 g/mol. The third-order valence-electron chi connectivity index (χ3n) is 4.31. The van der Waals surface area contributed by atoms with Crippen molar-refractivity contribution in [2.75, 3.05) is 10.6 Å². The number of guanidine groups is 2. The summed E-state index contributed by atoms with van der Waals surface area (Å²) in [6, 6.07) is 13.8. The van der Waals surface area contributed by atoms with E-state index in [1.807, 2.05) is 0 Å². The zero-order valence-electron chi connectivity index (χ0n) is 18.6. The molecule has 0 aliphatic carbocycles. The molecule has 15 heteroatoms. The van der Waals surface area contributed by atoms with Crippen molar-refractivity contribution >= 4 is 40.7 Å². The minimum Gasteiger partial charge on any atom is -0.320 e. The largest absolute Gasteiger partial charge is 0.323 e. The maximum atomic E-state index is 12.3. The third kappa shape index (κ3) is 7.66. The number of nitrogens with zero attached hydrogens (tertiary/aromatic N) is 4. The molecule has 0 spiro atoms. The van der Waals surface area contributed by atoms with Crippen molar-refractivity contribution in [3.8, 4) is 0 Å². The molecule has 0 atom stereocenters. The van der Waals surface area contributed by atoms with Gasteiger partial charge in [0.2, 0.25) is 11.9 Å². The molecule has 15 nitrogen and oxygen atoms in total. The summed E-state index contributed by atoms with van der Waals surface area (Å²) in [7, 11) is 0. The van der Waals surface area contributed by atoms with E-state index in [1.54, 1.807) is 62.4 Å². The van der Waals surface area contributed by atoms with Gasteiger partial charge < -0.3 is 22.3 Å². The molecule has 0 aromatic heterocycles. The first-order valence-electron chi connectivity index (χ1n) is 9.78. The standard InChI is InChI=1S/C19H28N14O/c1-11(30-32-17(26-20)27-21)13-3-7-15(8-4-13)24-19(34)25-16-9-5-14(6-10-16)12(2)31-33-18(28-22)29-23/h3-10H,20-23H2,1-2H3,(H2,24,25,34)(H2,26,27,32)(H2,28,29,33)/b30-11-,31-12-. The molecule has 0 aliphatic heterocycles. The van der Waals surface area contributed by atoms with Gasteiger partial charge in [-0.25, -0.2) is 27.3 Å². The highest BCUT2D eigenvalue weighted by atomic mass is 16.2. The first-order chi connectivity index (χ1) is 16.4. The Morgan fingerprint density at radius 2 is 1.03 bits per heavy atom. The number of hydrazine groups is 2. The number of hydrogen-bond acceptors (Lipinski definition) is 9. The summed E-state index contributed by atoms with van der Waals surface area (Å²) in [5.74, 6) is 20.9. The van der Waals surface area contributed by atoms with Gasteiger partial charge in [0.1, 0.15) is 0 Å². The molecule has 2 rings (SSSR count). The van der Waals surface area contributed by atoms with E-state index in [4.69, 9.17) is 23.4 Å². The molecule has 2 aromatic rings. The maximum absolute atomic E-state index is 12.3. The fraction of sp³-hybridized carbons (Fsp3) is 0.105. The number of urea groups is 1. The van der Waals surface area contributed by atoms with E-state index in [1.165, 1.54) is 0 Å². The first kappa shape index (κ1) is 25.4. The second-order valence-corrected chi connectivity index (χ2v) is 6.60. The molecule has 34 heavy (non-hydrogen) atoms. The lowest BCUT2D eigenvalue weighted by Crippen LogP contribution is -2.40. The molecule has 0 bridgehead atoms. The van der Waals surface area contributed by atoms with E-state index in [0.29, 0.717) is 22.8 Å². The Bertz CT molecular complexity index is 988. The fourth-order valence-corrected chi connectivity index (χ4v) is 2.48. The van der Waals surface area contributed by atoms with Crippen LogP contribution in [0.3, 0.4) is 0 Å². The number of hydrazone groups is 4. The molecule has 14 N–H and O–H groups in total. The van der Waals surface area contributed by atoms with Gasteiger partial charge in [0.05, 0.1) is 11.4 Å². The Balaban J connectivity index is 1.93. The lowest BCUT2D eigenvalue weighted by atomic mass is 10.1. The van der Waals surface area contributed by atoms with Crippen molar-refractivity contribution in [2.45, 2.75) is 13.8 Å². The molecule has 0 aliphatic rings. The van der Waals surface area contributed by atoms with Gasteiger partial charge in [-0.2, -0.15) is 10.2 Å². The molecule has 0 radical (unpaired) electrons. The summed E-state index contributed by atoms with van der Waals surface area (Å²) in [6.07, 6.45) is 0. The van der Waals surface area contributed by atoms with E-state index >= 15 is 0 Å². The smallest absolute Gasteiger partial charge is 0.320 e. The van der Waals surface area contributed by atoms with Crippen molar-refractivity contribution in [3.63, 3.8) is 0 Å². The molecule has 2 amide bonds. The van der Waals surface area contributed by atoms with Crippen LogP contribution in [0.25, 0.3) is 0 Å². The van der Waals surface area contributed by atoms with Gasteiger partial charge in [-0.1, -0.05) is 24.3 Å². The highest BCUT2D eigenvalue weighted by Crippen LogP contribution is 2.13. The highest BCUT2D eigenvalue weighted by molar-refractivity contribution is 6.03. The predicted octanol–water partition coefficient (Wildman–Crippen LogP) is -0.656. The monoisotopic (exact) mass is 468 g/mol. The number of carbonyl (C=O) groups excluding carboxylic acids is 1. The van der Waals surface area contributed by atoms with Gasteiger partial charge in [-0.15, -0.1) is 10.2 Å². The van der Waals surface area contributed by atoms with Gasteiger partial charge in [-0.3, -0.25) is 10.9 Å². The number of carbonyl (C=O) groups is 1. The normalized spacial score (nSPS) is 12.6. The topological polar surface area (TPSA) is 243 Å². The van der Waals surface area contributed by atoms with Crippen LogP contribution in [0.4, 0.5) is 16.2 Å². The Kier molecular flexibility index (Phi) is 9.58. The molecule has 0 saturated carbocycles. The summed E-state index contributed by atoms with van der Waals surface area (Å²) in [4.78, 5) is 12.3. The predicted molar refractivity (Wildman–Crippen MR) is 134 cm³/mol. The first-order valence-corrected chi connectivity index (χ1v) is 9.78. The second kappa shape index (κ2) is 12.8. The van der Waals surface area contributed by atoms with Crippen molar-refractivity contribution in [3.05, 3.63) is 59.7 Å². The summed E-state index contributed by atoms with van der Waals surface area (Å²) in [6.45, 7) is 3.58. The Morgan fingerprint density at radius 1 is 0.676 bits per heavy atom. The fourth-order valence-electron chi connectivity index (χ4n) is 2.48. The second-order valence-electron chi connectivity index (χ2n) is 6.60. The van der Waals surface area contributed by atoms with E-state index in [2.05, 4.69) is 52.7 Å². The molecule has 0 unspecified atom stereocenters. The molecular formula is C19H28N14O. The number of nitrogens with one attached hydrogen (secondary N) is 6. The molecular weight excluding hydrogens is 440 g/mol. The number of benzene rings is 2. The molecule has 0 saturated heterocycles. The summed E-state index contributed by atoms with van der Waals surface area (Å²) < 4.78 is 0. The van der Waals surface area contributed by atoms with Crippen molar-refractivity contribution < 1.29 is 4.79 Å². The van der Waals surface area contributed by atoms with Crippen LogP contribution in [0.15, 0.2) is 68.9 Å². The molecule has 180 valence electrons. The number of anilines is 2. The SMILES string of the molecule is C/C(=N/N/C(=N/N)NN)c1ccc(NC(=O)Nc2ccc(/C(C)=N\N/C(=N/N)NN)cc2)cc1. The quantitative estimate of drug-likeness (QED) is 0.112.